The van der Waals surface area contributed by atoms with Crippen LogP contribution in [0.3, 0.4) is 0 Å². The molecule has 0 aromatic carbocycles. The topological polar surface area (TPSA) is 52.6 Å². The maximum atomic E-state index is 12.3. The van der Waals surface area contributed by atoms with Crippen LogP contribution in [0.1, 0.15) is 12.8 Å². The second kappa shape index (κ2) is 5.78. The zero-order valence-corrected chi connectivity index (χ0v) is 12.8. The van der Waals surface area contributed by atoms with E-state index in [4.69, 9.17) is 32.7 Å². The van der Waals surface area contributed by atoms with E-state index in [9.17, 15) is 9.59 Å². The Morgan fingerprint density at radius 3 is 2.40 bits per heavy atom. The van der Waals surface area contributed by atoms with Crippen molar-refractivity contribution < 1.29 is 19.1 Å². The summed E-state index contributed by atoms with van der Waals surface area (Å²) in [6.45, 7) is 0. The van der Waals surface area contributed by atoms with E-state index in [-0.39, 0.29) is 23.6 Å². The van der Waals surface area contributed by atoms with Gasteiger partial charge in [-0.25, -0.2) is 0 Å². The third kappa shape index (κ3) is 2.15. The van der Waals surface area contributed by atoms with Crippen LogP contribution in [0, 0.1) is 17.3 Å². The van der Waals surface area contributed by atoms with Crippen molar-refractivity contribution in [3.63, 3.8) is 0 Å². The van der Waals surface area contributed by atoms with Crippen LogP contribution >= 0.6 is 23.2 Å². The highest BCUT2D eigenvalue weighted by molar-refractivity contribution is 6.26. The number of ether oxygens (including phenoxy) is 2. The summed E-state index contributed by atoms with van der Waals surface area (Å²) in [7, 11) is 2.53. The van der Waals surface area contributed by atoms with Gasteiger partial charge in [0.25, 0.3) is 0 Å². The van der Waals surface area contributed by atoms with E-state index in [1.54, 1.807) is 0 Å². The van der Waals surface area contributed by atoms with Crippen LogP contribution < -0.4 is 0 Å². The van der Waals surface area contributed by atoms with Crippen molar-refractivity contribution in [2.45, 2.75) is 18.2 Å². The van der Waals surface area contributed by atoms with Gasteiger partial charge < -0.3 is 9.47 Å². The van der Waals surface area contributed by atoms with Crippen LogP contribution in [-0.4, -0.2) is 31.5 Å². The van der Waals surface area contributed by atoms with E-state index in [0.717, 1.165) is 5.57 Å². The Hall–Kier alpha value is -1.000. The van der Waals surface area contributed by atoms with Crippen molar-refractivity contribution >= 4 is 35.1 Å². The Labute approximate surface area is 127 Å². The maximum Gasteiger partial charge on any atom is 0.323 e. The number of allylic oxidation sites excluding steroid dienone is 3. The predicted molar refractivity (Wildman–Crippen MR) is 75.4 cm³/mol. The van der Waals surface area contributed by atoms with Crippen molar-refractivity contribution in [1.29, 1.82) is 0 Å². The van der Waals surface area contributed by atoms with Crippen LogP contribution in [0.4, 0.5) is 0 Å². The molecule has 0 aromatic rings. The summed E-state index contributed by atoms with van der Waals surface area (Å²) < 4.78 is 9.72. The molecule has 0 radical (unpaired) electrons. The molecule has 2 rings (SSSR count). The first-order chi connectivity index (χ1) is 9.51. The van der Waals surface area contributed by atoms with Crippen molar-refractivity contribution in [3.05, 3.63) is 23.3 Å². The first-order valence-corrected chi connectivity index (χ1v) is 7.17. The highest BCUT2D eigenvalue weighted by atomic mass is 35.5. The Morgan fingerprint density at radius 2 is 1.90 bits per heavy atom. The number of carbonyl (C=O) groups is 2. The fourth-order valence-corrected chi connectivity index (χ4v) is 3.81. The third-order valence-electron chi connectivity index (χ3n) is 4.22. The molecule has 0 amide bonds. The number of hydrogen-bond donors (Lipinski definition) is 0. The molecule has 0 aliphatic heterocycles. The van der Waals surface area contributed by atoms with Crippen LogP contribution in [-0.2, 0) is 19.1 Å². The summed E-state index contributed by atoms with van der Waals surface area (Å²) in [5.74, 6) is -1.56. The first kappa shape index (κ1) is 15.4. The minimum Gasteiger partial charge on any atom is -0.468 e. The molecular formula is C14H16Cl2O4. The van der Waals surface area contributed by atoms with E-state index in [2.05, 4.69) is 0 Å². The lowest BCUT2D eigenvalue weighted by Crippen LogP contribution is -2.46. The SMILES string of the molecule is COC(=O)C1(C(=O)OC)C/C(=C/Cl)[C@H]2C=C[C@H](Cl)C[C@H]21. The van der Waals surface area contributed by atoms with E-state index in [1.807, 2.05) is 12.2 Å². The number of halogens is 2. The molecule has 0 heterocycles. The molecule has 0 bridgehead atoms. The van der Waals surface area contributed by atoms with Gasteiger partial charge in [-0.15, -0.1) is 11.6 Å². The third-order valence-corrected chi connectivity index (χ3v) is 4.83. The second-order valence-corrected chi connectivity index (χ2v) is 5.86. The highest BCUT2D eigenvalue weighted by Crippen LogP contribution is 2.56. The van der Waals surface area contributed by atoms with Crippen LogP contribution in [0.25, 0.3) is 0 Å². The zero-order valence-electron chi connectivity index (χ0n) is 11.3. The standard InChI is InChI=1S/C14H16Cl2O4/c1-19-12(17)14(13(18)20-2)6-8(7-15)10-4-3-9(16)5-11(10)14/h3-4,7,9-11H,5-6H2,1-2H3/b8-7-/t9-,10+,11+/m0/s1. The second-order valence-electron chi connectivity index (χ2n) is 5.08. The molecule has 20 heavy (non-hydrogen) atoms. The summed E-state index contributed by atoms with van der Waals surface area (Å²) in [5.41, 5.74) is 0.907. The van der Waals surface area contributed by atoms with E-state index >= 15 is 0 Å². The lowest BCUT2D eigenvalue weighted by molar-refractivity contribution is -0.172. The highest BCUT2D eigenvalue weighted by Gasteiger charge is 2.62. The molecule has 2 aliphatic rings. The molecular weight excluding hydrogens is 303 g/mol. The van der Waals surface area contributed by atoms with Crippen LogP contribution in [0.5, 0.6) is 0 Å². The molecule has 0 spiro atoms. The predicted octanol–water partition coefficient (Wildman–Crippen LogP) is 2.64. The molecule has 0 aromatic heterocycles. The van der Waals surface area contributed by atoms with Gasteiger partial charge in [-0.05, 0) is 24.3 Å². The average Bonchev–Trinajstić information content (AvgIpc) is 2.80. The molecule has 1 fully saturated rings. The number of hydrogen-bond acceptors (Lipinski definition) is 4. The van der Waals surface area contributed by atoms with Gasteiger partial charge in [-0.2, -0.15) is 0 Å². The average molecular weight is 319 g/mol. The Balaban J connectivity index is 2.54. The largest absolute Gasteiger partial charge is 0.468 e. The van der Waals surface area contributed by atoms with Gasteiger partial charge in [-0.3, -0.25) is 9.59 Å². The minimum atomic E-state index is -1.35. The van der Waals surface area contributed by atoms with E-state index in [1.165, 1.54) is 19.8 Å². The first-order valence-electron chi connectivity index (χ1n) is 6.29. The van der Waals surface area contributed by atoms with E-state index < -0.39 is 17.4 Å². The zero-order chi connectivity index (χ0) is 14.9. The summed E-state index contributed by atoms with van der Waals surface area (Å²) in [6.07, 6.45) is 4.49. The molecule has 1 saturated carbocycles. The molecule has 0 saturated heterocycles. The Morgan fingerprint density at radius 1 is 1.30 bits per heavy atom. The summed E-state index contributed by atoms with van der Waals surface area (Å²) in [5, 5.41) is -0.223. The molecule has 3 atom stereocenters. The minimum absolute atomic E-state index is 0.0827. The van der Waals surface area contributed by atoms with Gasteiger partial charge in [0.2, 0.25) is 0 Å². The molecule has 0 N–H and O–H groups in total. The van der Waals surface area contributed by atoms with Crippen molar-refractivity contribution in [2.24, 2.45) is 17.3 Å². The lowest BCUT2D eigenvalue weighted by Gasteiger charge is -2.34. The number of fused-ring (bicyclic) bond motifs is 1. The smallest absolute Gasteiger partial charge is 0.323 e. The van der Waals surface area contributed by atoms with Gasteiger partial charge in [-0.1, -0.05) is 23.8 Å². The Kier molecular flexibility index (Phi) is 4.45. The van der Waals surface area contributed by atoms with Crippen LogP contribution in [0.15, 0.2) is 23.3 Å². The fraction of sp³-hybridized carbons (Fsp3) is 0.571. The number of esters is 2. The van der Waals surface area contributed by atoms with Crippen LogP contribution in [0.2, 0.25) is 0 Å². The van der Waals surface area contributed by atoms with Crippen molar-refractivity contribution in [2.75, 3.05) is 14.2 Å². The van der Waals surface area contributed by atoms with Gasteiger partial charge in [0.1, 0.15) is 0 Å². The lowest BCUT2D eigenvalue weighted by atomic mass is 9.71. The van der Waals surface area contributed by atoms with E-state index in [0.29, 0.717) is 6.42 Å². The monoisotopic (exact) mass is 318 g/mol. The summed E-state index contributed by atoms with van der Waals surface area (Å²) >= 11 is 12.0. The quantitative estimate of drug-likeness (QED) is 0.340. The van der Waals surface area contributed by atoms with Crippen molar-refractivity contribution in [3.8, 4) is 0 Å². The van der Waals surface area contributed by atoms with Gasteiger partial charge in [0.05, 0.1) is 19.6 Å². The molecule has 4 nitrogen and oxygen atoms in total. The van der Waals surface area contributed by atoms with Gasteiger partial charge in [0, 0.05) is 11.5 Å². The number of alkyl halides is 1. The van der Waals surface area contributed by atoms with Gasteiger partial charge >= 0.3 is 11.9 Å². The molecule has 6 heteroatoms. The number of rotatable bonds is 2. The fourth-order valence-electron chi connectivity index (χ4n) is 3.31. The van der Waals surface area contributed by atoms with Gasteiger partial charge in [0.15, 0.2) is 5.41 Å². The number of carbonyl (C=O) groups excluding carboxylic acids is 2. The van der Waals surface area contributed by atoms with Crippen molar-refractivity contribution in [1.82, 2.24) is 0 Å². The molecule has 0 unspecified atom stereocenters. The Bertz CT molecular complexity index is 468. The maximum absolute atomic E-state index is 12.3. The summed E-state index contributed by atoms with van der Waals surface area (Å²) in [6, 6.07) is 0. The molecule has 2 aliphatic carbocycles. The summed E-state index contributed by atoms with van der Waals surface area (Å²) in [4.78, 5) is 24.6. The normalized spacial score (nSPS) is 32.8. The molecule has 110 valence electrons. The number of methoxy groups -OCH3 is 2.